The molecule has 34 heavy (non-hydrogen) atoms. The lowest BCUT2D eigenvalue weighted by Crippen LogP contribution is -2.30. The topological polar surface area (TPSA) is 111 Å². The Morgan fingerprint density at radius 2 is 1.88 bits per heavy atom. The number of hydrogen-bond donors (Lipinski definition) is 2. The van der Waals surface area contributed by atoms with Gasteiger partial charge in [0.05, 0.1) is 25.3 Å². The lowest BCUT2D eigenvalue weighted by molar-refractivity contribution is -0.145. The molecule has 0 aromatic heterocycles. The Balaban J connectivity index is 1.74. The zero-order chi connectivity index (χ0) is 24.7. The molecule has 0 saturated heterocycles. The number of hydrogen-bond acceptors (Lipinski definition) is 8. The normalized spacial score (nSPS) is 12.2. The lowest BCUT2D eigenvalue weighted by Gasteiger charge is -2.17. The number of nitrogens with one attached hydrogen (secondary N) is 1. The van der Waals surface area contributed by atoms with Crippen LogP contribution in [0.5, 0.6) is 11.5 Å². The van der Waals surface area contributed by atoms with Crippen LogP contribution in [0.25, 0.3) is 0 Å². The Bertz CT molecular complexity index is 1100. The minimum Gasteiger partial charge on any atom is -0.493 e. The Labute approximate surface area is 202 Å². The summed E-state index contributed by atoms with van der Waals surface area (Å²) in [4.78, 5) is 50.7. The molecule has 9 nitrogen and oxygen atoms in total. The van der Waals surface area contributed by atoms with Crippen LogP contribution in [0.3, 0.4) is 0 Å². The van der Waals surface area contributed by atoms with Crippen molar-refractivity contribution in [3.63, 3.8) is 0 Å². The van der Waals surface area contributed by atoms with Gasteiger partial charge in [0.25, 0.3) is 11.8 Å². The highest BCUT2D eigenvalue weighted by atomic mass is 32.1. The van der Waals surface area contributed by atoms with E-state index in [1.807, 2.05) is 6.92 Å². The average Bonchev–Trinajstić information content (AvgIpc) is 3.15. The summed E-state index contributed by atoms with van der Waals surface area (Å²) in [6, 6.07) is 9.40. The third kappa shape index (κ3) is 5.88. The Hall–Kier alpha value is -3.53. The van der Waals surface area contributed by atoms with Gasteiger partial charge in [-0.3, -0.25) is 19.1 Å². The van der Waals surface area contributed by atoms with Gasteiger partial charge < -0.3 is 19.1 Å². The summed E-state index contributed by atoms with van der Waals surface area (Å²) in [5.74, 6) is -0.804. The molecule has 0 bridgehead atoms. The first-order chi connectivity index (χ1) is 16.4. The number of amides is 2. The van der Waals surface area contributed by atoms with Gasteiger partial charge in [0.1, 0.15) is 11.5 Å². The molecule has 2 amide bonds. The number of fused-ring (bicyclic) bond motifs is 1. The van der Waals surface area contributed by atoms with Crippen molar-refractivity contribution in [1.82, 2.24) is 9.62 Å². The summed E-state index contributed by atoms with van der Waals surface area (Å²) in [6.45, 7) is 4.06. The van der Waals surface area contributed by atoms with Gasteiger partial charge in [0.15, 0.2) is 12.4 Å². The highest BCUT2D eigenvalue weighted by Crippen LogP contribution is 2.28. The van der Waals surface area contributed by atoms with Crippen molar-refractivity contribution in [1.29, 1.82) is 0 Å². The molecule has 1 N–H and O–H groups in total. The van der Waals surface area contributed by atoms with Crippen molar-refractivity contribution >= 4 is 36.4 Å². The van der Waals surface area contributed by atoms with Gasteiger partial charge in [-0.1, -0.05) is 19.7 Å². The summed E-state index contributed by atoms with van der Waals surface area (Å²) in [5, 5.41) is 0. The van der Waals surface area contributed by atoms with Crippen LogP contribution in [0.15, 0.2) is 36.4 Å². The Morgan fingerprint density at radius 3 is 2.59 bits per heavy atom. The maximum Gasteiger partial charge on any atom is 0.344 e. The predicted molar refractivity (Wildman–Crippen MR) is 126 cm³/mol. The minimum absolute atomic E-state index is 0.160. The lowest BCUT2D eigenvalue weighted by atomic mass is 10.1. The second-order valence-electron chi connectivity index (χ2n) is 7.50. The number of nitrogens with zero attached hydrogens (tertiary/aromatic N) is 1. The van der Waals surface area contributed by atoms with Crippen molar-refractivity contribution in [3.8, 4) is 11.5 Å². The number of rotatable bonds is 11. The monoisotopic (exact) mass is 486 g/mol. The third-order valence-electron chi connectivity index (χ3n) is 5.06. The molecule has 0 unspecified atom stereocenters. The van der Waals surface area contributed by atoms with E-state index in [-0.39, 0.29) is 43.9 Å². The third-order valence-corrected chi connectivity index (χ3v) is 5.26. The first-order valence-corrected chi connectivity index (χ1v) is 11.3. The molecule has 3 rings (SSSR count). The SMILES string of the molecule is CCCOc1cc(OCC(=O)OCC)ccc1C(=O)CN1Cc2cc(C(=O)NS)ccc2C1=O. The fourth-order valence-corrected chi connectivity index (χ4v) is 3.60. The maximum absolute atomic E-state index is 13.1. The molecule has 0 aliphatic carbocycles. The van der Waals surface area contributed by atoms with Crippen LogP contribution in [-0.4, -0.2) is 54.8 Å². The largest absolute Gasteiger partial charge is 0.493 e. The first kappa shape index (κ1) is 25.1. The van der Waals surface area contributed by atoms with Crippen LogP contribution >= 0.6 is 12.8 Å². The van der Waals surface area contributed by atoms with Crippen molar-refractivity contribution in [2.45, 2.75) is 26.8 Å². The van der Waals surface area contributed by atoms with E-state index >= 15 is 0 Å². The van der Waals surface area contributed by atoms with Crippen LogP contribution in [0, 0.1) is 0 Å². The fraction of sp³-hybridized carbons (Fsp3) is 0.333. The summed E-state index contributed by atoms with van der Waals surface area (Å²) >= 11 is 3.76. The molecule has 180 valence electrons. The number of Topliss-reactive ketones (excluding diaryl/α,β-unsaturated/α-hetero) is 1. The van der Waals surface area contributed by atoms with E-state index in [1.54, 1.807) is 43.3 Å². The Morgan fingerprint density at radius 1 is 1.09 bits per heavy atom. The summed E-state index contributed by atoms with van der Waals surface area (Å²) < 4.78 is 18.3. The number of carbonyl (C=O) groups excluding carboxylic acids is 4. The second kappa shape index (κ2) is 11.6. The second-order valence-corrected chi connectivity index (χ2v) is 7.72. The molecule has 0 atom stereocenters. The minimum atomic E-state index is -0.499. The van der Waals surface area contributed by atoms with Crippen molar-refractivity contribution in [2.24, 2.45) is 0 Å². The number of ether oxygens (including phenoxy) is 3. The van der Waals surface area contributed by atoms with E-state index in [2.05, 4.69) is 17.5 Å². The molecule has 0 radical (unpaired) electrons. The molecule has 1 aliphatic heterocycles. The number of ketones is 1. The molecular formula is C24H26N2O7S. The van der Waals surface area contributed by atoms with Crippen molar-refractivity contribution < 1.29 is 33.4 Å². The van der Waals surface area contributed by atoms with Crippen LogP contribution in [0.1, 0.15) is 56.9 Å². The quantitative estimate of drug-likeness (QED) is 0.285. The summed E-state index contributed by atoms with van der Waals surface area (Å²) in [6.07, 6.45) is 0.726. The van der Waals surface area contributed by atoms with Crippen LogP contribution in [0.2, 0.25) is 0 Å². The van der Waals surface area contributed by atoms with E-state index < -0.39 is 5.97 Å². The summed E-state index contributed by atoms with van der Waals surface area (Å²) in [7, 11) is 0. The van der Waals surface area contributed by atoms with Crippen LogP contribution in [-0.2, 0) is 16.1 Å². The van der Waals surface area contributed by atoms with Gasteiger partial charge in [-0.15, -0.1) is 0 Å². The zero-order valence-electron chi connectivity index (χ0n) is 19.0. The molecule has 0 fully saturated rings. The van der Waals surface area contributed by atoms with E-state index in [0.717, 1.165) is 6.42 Å². The molecule has 10 heteroatoms. The molecule has 0 spiro atoms. The first-order valence-electron chi connectivity index (χ1n) is 10.8. The van der Waals surface area contributed by atoms with Gasteiger partial charge in [0, 0.05) is 23.7 Å². The van der Waals surface area contributed by atoms with E-state index in [9.17, 15) is 19.2 Å². The van der Waals surface area contributed by atoms with Gasteiger partial charge in [-0.05, 0) is 49.2 Å². The van der Waals surface area contributed by atoms with Crippen LogP contribution < -0.4 is 14.2 Å². The summed E-state index contributed by atoms with van der Waals surface area (Å²) in [5.41, 5.74) is 1.80. The maximum atomic E-state index is 13.1. The fourth-order valence-electron chi connectivity index (χ4n) is 3.47. The van der Waals surface area contributed by atoms with E-state index in [4.69, 9.17) is 14.2 Å². The van der Waals surface area contributed by atoms with Gasteiger partial charge in [-0.2, -0.15) is 0 Å². The highest BCUT2D eigenvalue weighted by Gasteiger charge is 2.30. The molecule has 0 saturated carbocycles. The highest BCUT2D eigenvalue weighted by molar-refractivity contribution is 7.78. The number of carbonyl (C=O) groups is 4. The Kier molecular flexibility index (Phi) is 8.53. The molecule has 2 aromatic carbocycles. The van der Waals surface area contributed by atoms with Gasteiger partial charge in [-0.25, -0.2) is 4.79 Å². The molecule has 1 aliphatic rings. The smallest absolute Gasteiger partial charge is 0.344 e. The zero-order valence-corrected chi connectivity index (χ0v) is 19.9. The van der Waals surface area contributed by atoms with Crippen molar-refractivity contribution in [3.05, 3.63) is 58.7 Å². The van der Waals surface area contributed by atoms with Gasteiger partial charge in [0.2, 0.25) is 0 Å². The average molecular weight is 487 g/mol. The van der Waals surface area contributed by atoms with Crippen LogP contribution in [0.4, 0.5) is 0 Å². The number of benzene rings is 2. The standard InChI is InChI=1S/C24H26N2O7S/c1-3-9-32-21-11-17(33-14-22(28)31-4-2)6-8-19(21)20(27)13-26-12-16-10-15(23(29)25-34)5-7-18(16)24(26)30/h5-8,10-11,34H,3-4,9,12-14H2,1-2H3,(H,25,29). The number of esters is 1. The number of thiol groups is 1. The van der Waals surface area contributed by atoms with Crippen molar-refractivity contribution in [2.75, 3.05) is 26.4 Å². The molecular weight excluding hydrogens is 460 g/mol. The van der Waals surface area contributed by atoms with E-state index in [1.165, 1.54) is 4.90 Å². The predicted octanol–water partition coefficient (Wildman–Crippen LogP) is 2.83. The van der Waals surface area contributed by atoms with E-state index in [0.29, 0.717) is 40.4 Å². The molecule has 1 heterocycles. The van der Waals surface area contributed by atoms with Gasteiger partial charge >= 0.3 is 5.97 Å². The molecule has 2 aromatic rings.